The fraction of sp³-hybridized carbons (Fsp3) is 0.514. The van der Waals surface area contributed by atoms with Crippen LogP contribution in [0.3, 0.4) is 0 Å². The lowest BCUT2D eigenvalue weighted by Crippen LogP contribution is -2.56. The van der Waals surface area contributed by atoms with Gasteiger partial charge < -0.3 is 29.7 Å². The molecule has 0 aromatic heterocycles. The standard InChI is InChI=1S/C35H42N4O6/c40-32(36-25-12-14-27(15-13-25)44-26-10-5-2-6-11-26)29-28-16-17-35(45-28)30(29)34(42)39(19-7-18-38-20-22-43-23-21-38)31(35)33(41)37-24-8-3-1-4-9-24/h2,5-6,10-17,24,28-31H,1,3-4,7-9,18-23H2,(H,36,40)(H,37,41)/t28-,29+,30-,31-,35-/m0/s1. The first-order chi connectivity index (χ1) is 22.0. The number of ether oxygens (including phenoxy) is 3. The first-order valence-corrected chi connectivity index (χ1v) is 16.4. The van der Waals surface area contributed by atoms with Gasteiger partial charge in [-0.1, -0.05) is 49.6 Å². The third-order valence-corrected chi connectivity index (χ3v) is 9.95. The molecule has 3 saturated heterocycles. The monoisotopic (exact) mass is 614 g/mol. The van der Waals surface area contributed by atoms with Crippen molar-refractivity contribution in [3.05, 3.63) is 66.7 Å². The van der Waals surface area contributed by atoms with E-state index in [-0.39, 0.29) is 23.8 Å². The second kappa shape index (κ2) is 12.9. The van der Waals surface area contributed by atoms with Gasteiger partial charge in [0.2, 0.25) is 17.7 Å². The van der Waals surface area contributed by atoms with Gasteiger partial charge in [0.25, 0.3) is 0 Å². The molecule has 5 aliphatic rings. The molecule has 238 valence electrons. The zero-order valence-corrected chi connectivity index (χ0v) is 25.6. The Morgan fingerprint density at radius 2 is 1.64 bits per heavy atom. The van der Waals surface area contributed by atoms with Gasteiger partial charge in [-0.05, 0) is 55.7 Å². The van der Waals surface area contributed by atoms with E-state index in [9.17, 15) is 14.4 Å². The smallest absolute Gasteiger partial charge is 0.246 e. The van der Waals surface area contributed by atoms with Crippen molar-refractivity contribution in [1.82, 2.24) is 15.1 Å². The number of carbonyl (C=O) groups is 3. The summed E-state index contributed by atoms with van der Waals surface area (Å²) in [7, 11) is 0. The Labute approximate surface area is 264 Å². The fourth-order valence-electron chi connectivity index (χ4n) is 7.78. The number of amides is 3. The maximum Gasteiger partial charge on any atom is 0.246 e. The summed E-state index contributed by atoms with van der Waals surface area (Å²) >= 11 is 0. The van der Waals surface area contributed by atoms with E-state index in [1.165, 1.54) is 6.42 Å². The molecular weight excluding hydrogens is 572 g/mol. The molecule has 2 aromatic rings. The molecule has 2 aromatic carbocycles. The summed E-state index contributed by atoms with van der Waals surface area (Å²) in [4.78, 5) is 46.1. The summed E-state index contributed by atoms with van der Waals surface area (Å²) in [6.45, 7) is 4.38. The molecule has 3 amide bonds. The Bertz CT molecular complexity index is 1400. The molecule has 45 heavy (non-hydrogen) atoms. The van der Waals surface area contributed by atoms with E-state index in [2.05, 4.69) is 15.5 Å². The molecule has 0 radical (unpaired) electrons. The van der Waals surface area contributed by atoms with E-state index in [0.717, 1.165) is 57.5 Å². The highest BCUT2D eigenvalue weighted by Gasteiger charge is 2.72. The molecular formula is C35H42N4O6. The van der Waals surface area contributed by atoms with Crippen molar-refractivity contribution in [1.29, 1.82) is 0 Å². The zero-order valence-electron chi connectivity index (χ0n) is 25.6. The van der Waals surface area contributed by atoms with Gasteiger partial charge >= 0.3 is 0 Å². The summed E-state index contributed by atoms with van der Waals surface area (Å²) in [6, 6.07) is 15.9. The number of morpholine rings is 1. The van der Waals surface area contributed by atoms with Crippen LogP contribution >= 0.6 is 0 Å². The van der Waals surface area contributed by atoms with Crippen LogP contribution in [0.5, 0.6) is 11.5 Å². The minimum atomic E-state index is -1.16. The lowest BCUT2D eigenvalue weighted by molar-refractivity contribution is -0.141. The predicted octanol–water partition coefficient (Wildman–Crippen LogP) is 3.74. The number of nitrogens with one attached hydrogen (secondary N) is 2. The van der Waals surface area contributed by atoms with Crippen LogP contribution < -0.4 is 15.4 Å². The lowest BCUT2D eigenvalue weighted by atomic mass is 9.74. The molecule has 7 rings (SSSR count). The maximum absolute atomic E-state index is 14.2. The summed E-state index contributed by atoms with van der Waals surface area (Å²) < 4.78 is 17.9. The van der Waals surface area contributed by atoms with Gasteiger partial charge in [-0.15, -0.1) is 0 Å². The van der Waals surface area contributed by atoms with Crippen molar-refractivity contribution in [3.8, 4) is 11.5 Å². The molecule has 5 atom stereocenters. The average molecular weight is 615 g/mol. The van der Waals surface area contributed by atoms with Crippen molar-refractivity contribution < 1.29 is 28.6 Å². The van der Waals surface area contributed by atoms with E-state index in [1.54, 1.807) is 29.2 Å². The van der Waals surface area contributed by atoms with E-state index < -0.39 is 29.6 Å². The molecule has 0 unspecified atom stereocenters. The van der Waals surface area contributed by atoms with Crippen LogP contribution in [0.15, 0.2) is 66.7 Å². The number of fused-ring (bicyclic) bond motifs is 1. The summed E-state index contributed by atoms with van der Waals surface area (Å²) in [5.74, 6) is -0.779. The highest BCUT2D eigenvalue weighted by atomic mass is 16.5. The maximum atomic E-state index is 14.2. The number of carbonyl (C=O) groups excluding carboxylic acids is 3. The second-order valence-electron chi connectivity index (χ2n) is 12.8. The largest absolute Gasteiger partial charge is 0.457 e. The van der Waals surface area contributed by atoms with Crippen LogP contribution in [0.2, 0.25) is 0 Å². The Kier molecular flexibility index (Phi) is 8.61. The molecule has 2 bridgehead atoms. The third kappa shape index (κ3) is 5.98. The first kappa shape index (κ1) is 30.0. The highest BCUT2D eigenvalue weighted by Crippen LogP contribution is 2.55. The zero-order chi connectivity index (χ0) is 30.8. The number of nitrogens with zero attached hydrogens (tertiary/aromatic N) is 2. The number of anilines is 1. The van der Waals surface area contributed by atoms with E-state index in [0.29, 0.717) is 31.2 Å². The van der Waals surface area contributed by atoms with Crippen LogP contribution in [0, 0.1) is 11.8 Å². The Hall–Kier alpha value is -3.73. The Balaban J connectivity index is 1.08. The predicted molar refractivity (Wildman–Crippen MR) is 168 cm³/mol. The number of hydrogen-bond acceptors (Lipinski definition) is 7. The summed E-state index contributed by atoms with van der Waals surface area (Å²) in [5.41, 5.74) is -0.560. The quantitative estimate of drug-likeness (QED) is 0.393. The summed E-state index contributed by atoms with van der Waals surface area (Å²) in [5, 5.41) is 6.26. The van der Waals surface area contributed by atoms with Crippen molar-refractivity contribution >= 4 is 23.4 Å². The van der Waals surface area contributed by atoms with Crippen molar-refractivity contribution in [3.63, 3.8) is 0 Å². The Morgan fingerprint density at radius 1 is 0.911 bits per heavy atom. The molecule has 4 aliphatic heterocycles. The van der Waals surface area contributed by atoms with Crippen molar-refractivity contribution in [2.75, 3.05) is 44.7 Å². The van der Waals surface area contributed by atoms with Crippen LogP contribution in [0.25, 0.3) is 0 Å². The summed E-state index contributed by atoms with van der Waals surface area (Å²) in [6.07, 6.45) is 9.15. The van der Waals surface area contributed by atoms with Crippen LogP contribution in [0.4, 0.5) is 5.69 Å². The minimum Gasteiger partial charge on any atom is -0.457 e. The van der Waals surface area contributed by atoms with Gasteiger partial charge in [-0.3, -0.25) is 19.3 Å². The average Bonchev–Trinajstić information content (AvgIpc) is 3.71. The molecule has 1 spiro atoms. The number of para-hydroxylation sites is 1. The molecule has 10 heteroatoms. The molecule has 4 heterocycles. The van der Waals surface area contributed by atoms with Gasteiger partial charge in [0.15, 0.2) is 0 Å². The van der Waals surface area contributed by atoms with Crippen molar-refractivity contribution in [2.45, 2.75) is 62.3 Å². The normalized spacial score (nSPS) is 29.5. The van der Waals surface area contributed by atoms with Gasteiger partial charge in [0.05, 0.1) is 31.2 Å². The molecule has 10 nitrogen and oxygen atoms in total. The number of benzene rings is 2. The SMILES string of the molecule is O=C(Nc1ccc(Oc2ccccc2)cc1)[C@@H]1[C@@H]2C=C[C@]3(O2)[C@@H]1C(=O)N(CCCN1CCOCC1)[C@H]3C(=O)NC1CCCCC1. The van der Waals surface area contributed by atoms with Crippen LogP contribution in [-0.4, -0.2) is 90.7 Å². The van der Waals surface area contributed by atoms with Crippen LogP contribution in [-0.2, 0) is 23.9 Å². The number of hydrogen-bond donors (Lipinski definition) is 2. The minimum absolute atomic E-state index is 0.0996. The van der Waals surface area contributed by atoms with E-state index in [1.807, 2.05) is 42.5 Å². The number of likely N-dealkylation sites (tertiary alicyclic amines) is 1. The van der Waals surface area contributed by atoms with Gasteiger partial charge in [-0.25, -0.2) is 0 Å². The van der Waals surface area contributed by atoms with Crippen LogP contribution in [0.1, 0.15) is 38.5 Å². The first-order valence-electron chi connectivity index (χ1n) is 16.4. The Morgan fingerprint density at radius 3 is 2.40 bits per heavy atom. The van der Waals surface area contributed by atoms with E-state index in [4.69, 9.17) is 14.2 Å². The van der Waals surface area contributed by atoms with Gasteiger partial charge in [0, 0.05) is 37.9 Å². The topological polar surface area (TPSA) is 109 Å². The molecule has 4 fully saturated rings. The van der Waals surface area contributed by atoms with Crippen molar-refractivity contribution in [2.24, 2.45) is 11.8 Å². The fourth-order valence-corrected chi connectivity index (χ4v) is 7.78. The molecule has 2 N–H and O–H groups in total. The highest BCUT2D eigenvalue weighted by molar-refractivity contribution is 6.02. The van der Waals surface area contributed by atoms with E-state index >= 15 is 0 Å². The third-order valence-electron chi connectivity index (χ3n) is 9.95. The molecule has 1 aliphatic carbocycles. The molecule has 1 saturated carbocycles. The lowest BCUT2D eigenvalue weighted by Gasteiger charge is -2.34. The number of rotatable bonds is 10. The van der Waals surface area contributed by atoms with Gasteiger partial charge in [0.1, 0.15) is 23.1 Å². The second-order valence-corrected chi connectivity index (χ2v) is 12.8. The van der Waals surface area contributed by atoms with Gasteiger partial charge in [-0.2, -0.15) is 0 Å².